The topological polar surface area (TPSA) is 49.7 Å². The summed E-state index contributed by atoms with van der Waals surface area (Å²) in [5, 5.41) is 19.4. The van der Waals surface area contributed by atoms with Gasteiger partial charge in [0.25, 0.3) is 0 Å². The Hall–Kier alpha value is -0.770. The van der Waals surface area contributed by atoms with Gasteiger partial charge in [0.2, 0.25) is 0 Å². The van der Waals surface area contributed by atoms with Crippen molar-refractivity contribution in [2.45, 2.75) is 38.9 Å². The lowest BCUT2D eigenvalue weighted by atomic mass is 10.1. The first-order valence-electron chi connectivity index (χ1n) is 5.62. The van der Waals surface area contributed by atoms with Crippen molar-refractivity contribution < 1.29 is 14.9 Å². The Labute approximate surface area is 107 Å². The van der Waals surface area contributed by atoms with Crippen LogP contribution in [0.4, 0.5) is 0 Å². The molecule has 0 aliphatic heterocycles. The minimum atomic E-state index is -0.744. The molecule has 1 atom stereocenters. The van der Waals surface area contributed by atoms with Crippen LogP contribution in [0.25, 0.3) is 0 Å². The van der Waals surface area contributed by atoms with Gasteiger partial charge in [-0.15, -0.1) is 0 Å². The van der Waals surface area contributed by atoms with Gasteiger partial charge in [-0.05, 0) is 38.5 Å². The van der Waals surface area contributed by atoms with Crippen LogP contribution in [0.2, 0.25) is 5.02 Å². The number of aliphatic hydroxyl groups excluding tert-OH is 1. The second-order valence-corrected chi connectivity index (χ2v) is 5.18. The van der Waals surface area contributed by atoms with Crippen LogP contribution in [0.5, 0.6) is 5.75 Å². The summed E-state index contributed by atoms with van der Waals surface area (Å²) in [5.41, 5.74) is 0.0105. The first-order chi connectivity index (χ1) is 7.79. The summed E-state index contributed by atoms with van der Waals surface area (Å²) in [4.78, 5) is 0. The van der Waals surface area contributed by atoms with Crippen LogP contribution < -0.4 is 4.74 Å². The highest BCUT2D eigenvalue weighted by molar-refractivity contribution is 6.32. The summed E-state index contributed by atoms with van der Waals surface area (Å²) in [6.07, 6.45) is -0.0143. The van der Waals surface area contributed by atoms with Gasteiger partial charge >= 0.3 is 0 Å². The third-order valence-corrected chi connectivity index (χ3v) is 2.71. The smallest absolute Gasteiger partial charge is 0.137 e. The van der Waals surface area contributed by atoms with Gasteiger partial charge in [-0.25, -0.2) is 0 Å². The lowest BCUT2D eigenvalue weighted by Gasteiger charge is -2.17. The molecule has 1 aromatic rings. The summed E-state index contributed by atoms with van der Waals surface area (Å²) in [7, 11) is 0. The maximum Gasteiger partial charge on any atom is 0.137 e. The summed E-state index contributed by atoms with van der Waals surface area (Å²) in [6, 6.07) is 5.19. The molecule has 17 heavy (non-hydrogen) atoms. The van der Waals surface area contributed by atoms with Crippen molar-refractivity contribution in [1.29, 1.82) is 0 Å². The zero-order chi connectivity index (χ0) is 13.1. The molecular formula is C13H19ClO3. The highest BCUT2D eigenvalue weighted by atomic mass is 35.5. The lowest BCUT2D eigenvalue weighted by molar-refractivity contribution is 0.0553. The molecule has 0 aromatic heterocycles. The molecule has 0 saturated heterocycles. The van der Waals surface area contributed by atoms with Crippen LogP contribution >= 0.6 is 11.6 Å². The summed E-state index contributed by atoms with van der Waals surface area (Å²) >= 11 is 6.02. The number of aliphatic hydroxyl groups is 2. The average molecular weight is 259 g/mol. The monoisotopic (exact) mass is 258 g/mol. The molecule has 0 bridgehead atoms. The number of hydrogen-bond acceptors (Lipinski definition) is 3. The SMILES string of the molecule is C[C@H](O)c1ccc(OCCC(C)(C)O)c(Cl)c1. The lowest BCUT2D eigenvalue weighted by Crippen LogP contribution is -2.21. The maximum atomic E-state index is 9.54. The minimum Gasteiger partial charge on any atom is -0.492 e. The van der Waals surface area contributed by atoms with E-state index in [0.717, 1.165) is 5.56 Å². The van der Waals surface area contributed by atoms with E-state index in [2.05, 4.69) is 0 Å². The van der Waals surface area contributed by atoms with Crippen LogP contribution in [0.1, 0.15) is 38.9 Å². The molecule has 0 aliphatic carbocycles. The van der Waals surface area contributed by atoms with Crippen molar-refractivity contribution >= 4 is 11.6 Å². The van der Waals surface area contributed by atoms with Gasteiger partial charge < -0.3 is 14.9 Å². The molecule has 1 rings (SSSR count). The second kappa shape index (κ2) is 5.71. The molecule has 4 heteroatoms. The molecule has 0 radical (unpaired) electrons. The Morgan fingerprint density at radius 2 is 2.06 bits per heavy atom. The van der Waals surface area contributed by atoms with Crippen LogP contribution in [0, 0.1) is 0 Å². The molecular weight excluding hydrogens is 240 g/mol. The molecule has 96 valence electrons. The normalized spacial score (nSPS) is 13.5. The summed E-state index contributed by atoms with van der Waals surface area (Å²) < 4.78 is 5.47. The molecule has 0 fully saturated rings. The molecule has 0 heterocycles. The van der Waals surface area contributed by atoms with Gasteiger partial charge in [0, 0.05) is 6.42 Å². The van der Waals surface area contributed by atoms with Gasteiger partial charge in [0.15, 0.2) is 0 Å². The molecule has 0 aliphatic rings. The molecule has 0 spiro atoms. The highest BCUT2D eigenvalue weighted by Crippen LogP contribution is 2.28. The number of rotatable bonds is 5. The first-order valence-corrected chi connectivity index (χ1v) is 6.00. The van der Waals surface area contributed by atoms with E-state index in [1.165, 1.54) is 0 Å². The Kier molecular flexibility index (Phi) is 4.80. The molecule has 2 N–H and O–H groups in total. The van der Waals surface area contributed by atoms with E-state index in [9.17, 15) is 10.2 Å². The van der Waals surface area contributed by atoms with E-state index >= 15 is 0 Å². The van der Waals surface area contributed by atoms with Crippen LogP contribution in [0.3, 0.4) is 0 Å². The molecule has 1 aromatic carbocycles. The number of ether oxygens (including phenoxy) is 1. The van der Waals surface area contributed by atoms with E-state index in [4.69, 9.17) is 16.3 Å². The fourth-order valence-electron chi connectivity index (χ4n) is 1.30. The third-order valence-electron chi connectivity index (χ3n) is 2.41. The first kappa shape index (κ1) is 14.3. The largest absolute Gasteiger partial charge is 0.492 e. The van der Waals surface area contributed by atoms with E-state index in [1.807, 2.05) is 0 Å². The summed E-state index contributed by atoms with van der Waals surface area (Å²) in [6.45, 7) is 5.54. The van der Waals surface area contributed by atoms with Crippen LogP contribution in [-0.4, -0.2) is 22.4 Å². The van der Waals surface area contributed by atoms with Crippen molar-refractivity contribution in [3.63, 3.8) is 0 Å². The fourth-order valence-corrected chi connectivity index (χ4v) is 1.55. The van der Waals surface area contributed by atoms with Gasteiger partial charge in [0.05, 0.1) is 23.3 Å². The maximum absolute atomic E-state index is 9.54. The average Bonchev–Trinajstić information content (AvgIpc) is 2.18. The van der Waals surface area contributed by atoms with Crippen molar-refractivity contribution in [2.75, 3.05) is 6.61 Å². The van der Waals surface area contributed by atoms with Crippen LogP contribution in [-0.2, 0) is 0 Å². The highest BCUT2D eigenvalue weighted by Gasteiger charge is 2.13. The zero-order valence-electron chi connectivity index (χ0n) is 10.4. The Morgan fingerprint density at radius 1 is 1.41 bits per heavy atom. The van der Waals surface area contributed by atoms with E-state index in [-0.39, 0.29) is 0 Å². The van der Waals surface area contributed by atoms with Crippen molar-refractivity contribution in [2.24, 2.45) is 0 Å². The number of hydrogen-bond donors (Lipinski definition) is 2. The standard InChI is InChI=1S/C13H19ClO3/c1-9(15)10-4-5-12(11(14)8-10)17-7-6-13(2,3)16/h4-5,8-9,15-16H,6-7H2,1-3H3/t9-/m0/s1. The fraction of sp³-hybridized carbons (Fsp3) is 0.538. The zero-order valence-corrected chi connectivity index (χ0v) is 11.2. The minimum absolute atomic E-state index is 0.400. The van der Waals surface area contributed by atoms with Crippen LogP contribution in [0.15, 0.2) is 18.2 Å². The number of halogens is 1. The third kappa shape index (κ3) is 4.94. The molecule has 3 nitrogen and oxygen atoms in total. The van der Waals surface area contributed by atoms with Gasteiger partial charge in [0.1, 0.15) is 5.75 Å². The van der Waals surface area contributed by atoms with Gasteiger partial charge in [-0.1, -0.05) is 17.7 Å². The predicted octanol–water partition coefficient (Wildman–Crippen LogP) is 2.93. The Morgan fingerprint density at radius 3 is 2.53 bits per heavy atom. The van der Waals surface area contributed by atoms with Gasteiger partial charge in [-0.3, -0.25) is 0 Å². The Bertz CT molecular complexity index is 369. The van der Waals surface area contributed by atoms with Gasteiger partial charge in [-0.2, -0.15) is 0 Å². The molecule has 0 saturated carbocycles. The quantitative estimate of drug-likeness (QED) is 0.854. The van der Waals surface area contributed by atoms with E-state index < -0.39 is 11.7 Å². The number of benzene rings is 1. The van der Waals surface area contributed by atoms with E-state index in [0.29, 0.717) is 23.8 Å². The molecule has 0 amide bonds. The van der Waals surface area contributed by atoms with Crippen molar-refractivity contribution in [3.8, 4) is 5.75 Å². The van der Waals surface area contributed by atoms with Crippen molar-refractivity contribution in [1.82, 2.24) is 0 Å². The Balaban J connectivity index is 2.61. The molecule has 0 unspecified atom stereocenters. The summed E-state index contributed by atoms with van der Waals surface area (Å²) in [5.74, 6) is 0.570. The van der Waals surface area contributed by atoms with E-state index in [1.54, 1.807) is 39.0 Å². The van der Waals surface area contributed by atoms with Crippen molar-refractivity contribution in [3.05, 3.63) is 28.8 Å². The second-order valence-electron chi connectivity index (χ2n) is 4.78. The predicted molar refractivity (Wildman–Crippen MR) is 68.5 cm³/mol.